The Kier molecular flexibility index (Phi) is 7.85. The minimum absolute atomic E-state index is 0.00403. The van der Waals surface area contributed by atoms with Gasteiger partial charge in [0, 0.05) is 24.1 Å². The highest BCUT2D eigenvalue weighted by molar-refractivity contribution is 8.00. The molecule has 0 heterocycles. The van der Waals surface area contributed by atoms with Gasteiger partial charge in [0.25, 0.3) is 0 Å². The first kappa shape index (κ1) is 18.9. The van der Waals surface area contributed by atoms with Crippen LogP contribution in [0.5, 0.6) is 5.75 Å². The third kappa shape index (κ3) is 7.76. The van der Waals surface area contributed by atoms with E-state index in [2.05, 4.69) is 10.6 Å². The van der Waals surface area contributed by atoms with Crippen molar-refractivity contribution in [3.63, 3.8) is 0 Å². The maximum absolute atomic E-state index is 11.8. The molecule has 0 fully saturated rings. The van der Waals surface area contributed by atoms with Gasteiger partial charge in [-0.3, -0.25) is 9.59 Å². The Labute approximate surface area is 152 Å². The summed E-state index contributed by atoms with van der Waals surface area (Å²) in [5, 5.41) is 5.59. The van der Waals surface area contributed by atoms with Crippen LogP contribution in [0.2, 0.25) is 0 Å². The summed E-state index contributed by atoms with van der Waals surface area (Å²) in [6, 6.07) is 17.0. The van der Waals surface area contributed by atoms with Gasteiger partial charge in [0.2, 0.25) is 11.8 Å². The average molecular weight is 358 g/mol. The van der Waals surface area contributed by atoms with Crippen LogP contribution in [0.25, 0.3) is 0 Å². The second kappa shape index (κ2) is 10.4. The Hall–Kier alpha value is -2.47. The summed E-state index contributed by atoms with van der Waals surface area (Å²) < 4.78 is 5.57. The Morgan fingerprint density at radius 3 is 2.44 bits per heavy atom. The van der Waals surface area contributed by atoms with Gasteiger partial charge in [0.1, 0.15) is 5.75 Å². The second-order valence-electron chi connectivity index (χ2n) is 5.36. The van der Waals surface area contributed by atoms with Gasteiger partial charge in [-0.2, -0.15) is 0 Å². The SMILES string of the molecule is CC(=O)Nc1ccc(SCC(=O)NCCCOc2ccccc2)cc1. The molecule has 6 heteroatoms. The topological polar surface area (TPSA) is 67.4 Å². The molecule has 0 saturated heterocycles. The molecule has 0 aliphatic carbocycles. The van der Waals surface area contributed by atoms with Crippen molar-refractivity contribution >= 4 is 29.3 Å². The van der Waals surface area contributed by atoms with Gasteiger partial charge in [-0.05, 0) is 42.8 Å². The number of carbonyl (C=O) groups is 2. The van der Waals surface area contributed by atoms with E-state index in [0.717, 1.165) is 22.8 Å². The molecule has 2 N–H and O–H groups in total. The first-order valence-electron chi connectivity index (χ1n) is 8.08. The monoisotopic (exact) mass is 358 g/mol. The first-order chi connectivity index (χ1) is 12.1. The zero-order chi connectivity index (χ0) is 17.9. The minimum Gasteiger partial charge on any atom is -0.494 e. The van der Waals surface area contributed by atoms with Crippen molar-refractivity contribution in [3.05, 3.63) is 54.6 Å². The van der Waals surface area contributed by atoms with E-state index in [-0.39, 0.29) is 11.8 Å². The Bertz CT molecular complexity index is 675. The van der Waals surface area contributed by atoms with Gasteiger partial charge in [-0.15, -0.1) is 11.8 Å². The number of para-hydroxylation sites is 1. The maximum Gasteiger partial charge on any atom is 0.230 e. The van der Waals surface area contributed by atoms with Gasteiger partial charge >= 0.3 is 0 Å². The van der Waals surface area contributed by atoms with Gasteiger partial charge in [-0.25, -0.2) is 0 Å². The molecule has 132 valence electrons. The first-order valence-corrected chi connectivity index (χ1v) is 9.07. The Morgan fingerprint density at radius 2 is 1.76 bits per heavy atom. The third-order valence-corrected chi connectivity index (χ3v) is 4.21. The number of benzene rings is 2. The van der Waals surface area contributed by atoms with Crippen LogP contribution in [0.15, 0.2) is 59.5 Å². The van der Waals surface area contributed by atoms with Crippen molar-refractivity contribution < 1.29 is 14.3 Å². The molecule has 2 amide bonds. The molecule has 0 radical (unpaired) electrons. The van der Waals surface area contributed by atoms with Crippen molar-refractivity contribution in [2.24, 2.45) is 0 Å². The molecular formula is C19H22N2O3S. The van der Waals surface area contributed by atoms with E-state index >= 15 is 0 Å². The number of thioether (sulfide) groups is 1. The van der Waals surface area contributed by atoms with E-state index in [1.165, 1.54) is 18.7 Å². The van der Waals surface area contributed by atoms with Crippen LogP contribution >= 0.6 is 11.8 Å². The van der Waals surface area contributed by atoms with E-state index in [1.807, 2.05) is 54.6 Å². The number of ether oxygens (including phenoxy) is 1. The van der Waals surface area contributed by atoms with Crippen LogP contribution < -0.4 is 15.4 Å². The summed E-state index contributed by atoms with van der Waals surface area (Å²) in [4.78, 5) is 23.8. The highest BCUT2D eigenvalue weighted by Crippen LogP contribution is 2.20. The number of hydrogen-bond donors (Lipinski definition) is 2. The zero-order valence-electron chi connectivity index (χ0n) is 14.2. The normalized spacial score (nSPS) is 10.1. The lowest BCUT2D eigenvalue weighted by Crippen LogP contribution is -2.27. The fourth-order valence-electron chi connectivity index (χ4n) is 2.04. The largest absolute Gasteiger partial charge is 0.494 e. The molecule has 2 aromatic rings. The second-order valence-corrected chi connectivity index (χ2v) is 6.41. The number of hydrogen-bond acceptors (Lipinski definition) is 4. The molecule has 0 bridgehead atoms. The van der Waals surface area contributed by atoms with E-state index in [0.29, 0.717) is 18.9 Å². The third-order valence-electron chi connectivity index (χ3n) is 3.20. The zero-order valence-corrected chi connectivity index (χ0v) is 15.0. The molecule has 0 saturated carbocycles. The summed E-state index contributed by atoms with van der Waals surface area (Å²) in [5.41, 5.74) is 0.750. The summed E-state index contributed by atoms with van der Waals surface area (Å²) >= 11 is 1.46. The van der Waals surface area contributed by atoms with Crippen molar-refractivity contribution in [1.82, 2.24) is 5.32 Å². The van der Waals surface area contributed by atoms with Crippen LogP contribution in [0.4, 0.5) is 5.69 Å². The highest BCUT2D eigenvalue weighted by atomic mass is 32.2. The molecule has 0 aliphatic heterocycles. The van der Waals surface area contributed by atoms with Gasteiger partial charge < -0.3 is 15.4 Å². The van der Waals surface area contributed by atoms with Crippen molar-refractivity contribution in [1.29, 1.82) is 0 Å². The smallest absolute Gasteiger partial charge is 0.230 e. The molecular weight excluding hydrogens is 336 g/mol. The Balaban J connectivity index is 1.58. The summed E-state index contributed by atoms with van der Waals surface area (Å²) in [6.07, 6.45) is 0.761. The number of carbonyl (C=O) groups excluding carboxylic acids is 2. The van der Waals surface area contributed by atoms with Crippen molar-refractivity contribution in [2.45, 2.75) is 18.2 Å². The van der Waals surface area contributed by atoms with Gasteiger partial charge in [0.05, 0.1) is 12.4 Å². The Morgan fingerprint density at radius 1 is 1.04 bits per heavy atom. The van der Waals surface area contributed by atoms with E-state index in [1.54, 1.807) is 0 Å². The lowest BCUT2D eigenvalue weighted by Gasteiger charge is -2.08. The van der Waals surface area contributed by atoms with Crippen LogP contribution in [0.3, 0.4) is 0 Å². The summed E-state index contributed by atoms with van der Waals surface area (Å²) in [7, 11) is 0. The molecule has 25 heavy (non-hydrogen) atoms. The number of rotatable bonds is 9. The van der Waals surface area contributed by atoms with E-state index in [9.17, 15) is 9.59 Å². The van der Waals surface area contributed by atoms with Crippen molar-refractivity contribution in [3.8, 4) is 5.75 Å². The quantitative estimate of drug-likeness (QED) is 0.533. The summed E-state index contributed by atoms with van der Waals surface area (Å²) in [6.45, 7) is 2.63. The molecule has 0 atom stereocenters. The maximum atomic E-state index is 11.8. The number of anilines is 1. The predicted octanol–water partition coefficient (Wildman–Crippen LogP) is 3.32. The minimum atomic E-state index is -0.101. The lowest BCUT2D eigenvalue weighted by atomic mass is 10.3. The van der Waals surface area contributed by atoms with Gasteiger partial charge in [-0.1, -0.05) is 18.2 Å². The predicted molar refractivity (Wildman–Crippen MR) is 101 cm³/mol. The fourth-order valence-corrected chi connectivity index (χ4v) is 2.77. The molecule has 0 aromatic heterocycles. The fraction of sp³-hybridized carbons (Fsp3) is 0.263. The van der Waals surface area contributed by atoms with Crippen LogP contribution in [0, 0.1) is 0 Å². The molecule has 2 rings (SSSR count). The average Bonchev–Trinajstić information content (AvgIpc) is 2.61. The molecule has 5 nitrogen and oxygen atoms in total. The standard InChI is InChI=1S/C19H22N2O3S/c1-15(22)21-16-8-10-18(11-9-16)25-14-19(23)20-12-5-13-24-17-6-3-2-4-7-17/h2-4,6-11H,5,12-14H2,1H3,(H,20,23)(H,21,22). The lowest BCUT2D eigenvalue weighted by molar-refractivity contribution is -0.118. The van der Waals surface area contributed by atoms with Crippen molar-refractivity contribution in [2.75, 3.05) is 24.2 Å². The number of nitrogens with one attached hydrogen (secondary N) is 2. The highest BCUT2D eigenvalue weighted by Gasteiger charge is 2.03. The van der Waals surface area contributed by atoms with Crippen LogP contribution in [0.1, 0.15) is 13.3 Å². The molecule has 0 unspecified atom stereocenters. The van der Waals surface area contributed by atoms with Crippen LogP contribution in [-0.4, -0.2) is 30.7 Å². The van der Waals surface area contributed by atoms with E-state index in [4.69, 9.17) is 4.74 Å². The summed E-state index contributed by atoms with van der Waals surface area (Å²) in [5.74, 6) is 1.10. The molecule has 2 aromatic carbocycles. The molecule has 0 aliphatic rings. The van der Waals surface area contributed by atoms with Crippen LogP contribution in [-0.2, 0) is 9.59 Å². The molecule has 0 spiro atoms. The van der Waals surface area contributed by atoms with E-state index < -0.39 is 0 Å². The van der Waals surface area contributed by atoms with Gasteiger partial charge in [0.15, 0.2) is 0 Å². The number of amides is 2.